The third-order valence-corrected chi connectivity index (χ3v) is 2.82. The van der Waals surface area contributed by atoms with Crippen LogP contribution in [-0.4, -0.2) is 32.6 Å². The molecular weight excluding hydrogens is 203 g/mol. The molecule has 0 aliphatic rings. The Balaban J connectivity index is 2.78. The molecule has 2 nitrogen and oxygen atoms in total. The summed E-state index contributed by atoms with van der Waals surface area (Å²) in [5, 5.41) is 3.28. The van der Waals surface area contributed by atoms with E-state index in [1.54, 1.807) is 6.07 Å². The number of nitrogens with zero attached hydrogens (tertiary/aromatic N) is 1. The van der Waals surface area contributed by atoms with Crippen LogP contribution in [-0.2, 0) is 0 Å². The van der Waals surface area contributed by atoms with Crippen LogP contribution in [0.4, 0.5) is 4.39 Å². The number of hydrogen-bond donors (Lipinski definition) is 1. The predicted octanol–water partition coefficient (Wildman–Crippen LogP) is 2.35. The SMILES string of the molecule is CNC(CCN(C)C)c1ccc(F)cc1C. The molecule has 1 unspecified atom stereocenters. The molecule has 1 N–H and O–H groups in total. The number of aryl methyl sites for hydroxylation is 1. The van der Waals surface area contributed by atoms with Gasteiger partial charge in [0, 0.05) is 6.04 Å². The van der Waals surface area contributed by atoms with Crippen LogP contribution in [0.1, 0.15) is 23.6 Å². The monoisotopic (exact) mass is 224 g/mol. The number of rotatable bonds is 5. The standard InChI is InChI=1S/C13H21FN2/c1-10-9-11(14)5-6-12(10)13(15-2)7-8-16(3)4/h5-6,9,13,15H,7-8H2,1-4H3. The van der Waals surface area contributed by atoms with Crippen molar-refractivity contribution in [3.8, 4) is 0 Å². The predicted molar refractivity (Wildman–Crippen MR) is 66.1 cm³/mol. The second-order valence-electron chi connectivity index (χ2n) is 4.43. The minimum atomic E-state index is -0.163. The normalized spacial score (nSPS) is 13.1. The fourth-order valence-corrected chi connectivity index (χ4v) is 1.87. The highest BCUT2D eigenvalue weighted by Crippen LogP contribution is 2.21. The molecule has 0 aliphatic heterocycles. The Morgan fingerprint density at radius 2 is 2.06 bits per heavy atom. The van der Waals surface area contributed by atoms with E-state index in [4.69, 9.17) is 0 Å². The second-order valence-corrected chi connectivity index (χ2v) is 4.43. The van der Waals surface area contributed by atoms with E-state index in [1.165, 1.54) is 11.6 Å². The van der Waals surface area contributed by atoms with Gasteiger partial charge < -0.3 is 10.2 Å². The summed E-state index contributed by atoms with van der Waals surface area (Å²) in [4.78, 5) is 2.16. The highest BCUT2D eigenvalue weighted by molar-refractivity contribution is 5.29. The van der Waals surface area contributed by atoms with E-state index < -0.39 is 0 Å². The molecule has 0 aliphatic carbocycles. The van der Waals surface area contributed by atoms with Gasteiger partial charge >= 0.3 is 0 Å². The fourth-order valence-electron chi connectivity index (χ4n) is 1.87. The number of hydrogen-bond acceptors (Lipinski definition) is 2. The lowest BCUT2D eigenvalue weighted by Gasteiger charge is -2.20. The number of benzene rings is 1. The van der Waals surface area contributed by atoms with E-state index >= 15 is 0 Å². The average molecular weight is 224 g/mol. The van der Waals surface area contributed by atoms with Gasteiger partial charge in [0.1, 0.15) is 5.82 Å². The molecule has 0 bridgehead atoms. The summed E-state index contributed by atoms with van der Waals surface area (Å²) in [6.45, 7) is 2.97. The molecule has 0 saturated heterocycles. The summed E-state index contributed by atoms with van der Waals surface area (Å²) in [5.74, 6) is -0.163. The van der Waals surface area contributed by atoms with Gasteiger partial charge in [-0.1, -0.05) is 6.07 Å². The van der Waals surface area contributed by atoms with Gasteiger partial charge in [0.15, 0.2) is 0 Å². The molecule has 0 fully saturated rings. The van der Waals surface area contributed by atoms with Crippen LogP contribution in [0.15, 0.2) is 18.2 Å². The van der Waals surface area contributed by atoms with Gasteiger partial charge in [-0.3, -0.25) is 0 Å². The largest absolute Gasteiger partial charge is 0.313 e. The van der Waals surface area contributed by atoms with E-state index in [9.17, 15) is 4.39 Å². The van der Waals surface area contributed by atoms with Crippen LogP contribution in [0.3, 0.4) is 0 Å². The molecule has 90 valence electrons. The third kappa shape index (κ3) is 3.58. The Kier molecular flexibility index (Phi) is 4.90. The van der Waals surface area contributed by atoms with Gasteiger partial charge in [-0.15, -0.1) is 0 Å². The molecule has 1 aromatic rings. The van der Waals surface area contributed by atoms with Crippen molar-refractivity contribution in [3.63, 3.8) is 0 Å². The summed E-state index contributed by atoms with van der Waals surface area (Å²) in [6.07, 6.45) is 1.02. The zero-order valence-corrected chi connectivity index (χ0v) is 10.5. The number of nitrogens with one attached hydrogen (secondary N) is 1. The topological polar surface area (TPSA) is 15.3 Å². The van der Waals surface area contributed by atoms with Crippen LogP contribution >= 0.6 is 0 Å². The fraction of sp³-hybridized carbons (Fsp3) is 0.538. The smallest absolute Gasteiger partial charge is 0.123 e. The van der Waals surface area contributed by atoms with E-state index in [0.717, 1.165) is 18.5 Å². The first-order chi connectivity index (χ1) is 7.54. The van der Waals surface area contributed by atoms with Gasteiger partial charge in [0.25, 0.3) is 0 Å². The minimum absolute atomic E-state index is 0.163. The molecule has 0 spiro atoms. The Labute approximate surface area is 97.5 Å². The lowest BCUT2D eigenvalue weighted by Crippen LogP contribution is -2.23. The van der Waals surface area contributed by atoms with E-state index in [2.05, 4.69) is 24.3 Å². The van der Waals surface area contributed by atoms with Crippen molar-refractivity contribution >= 4 is 0 Å². The molecular formula is C13H21FN2. The number of halogens is 1. The van der Waals surface area contributed by atoms with Crippen LogP contribution in [0, 0.1) is 12.7 Å². The van der Waals surface area contributed by atoms with Crippen LogP contribution in [0.5, 0.6) is 0 Å². The molecule has 0 heterocycles. The highest BCUT2D eigenvalue weighted by Gasteiger charge is 2.12. The lowest BCUT2D eigenvalue weighted by molar-refractivity contribution is 0.368. The first-order valence-electron chi connectivity index (χ1n) is 5.62. The van der Waals surface area contributed by atoms with Crippen molar-refractivity contribution in [1.29, 1.82) is 0 Å². The van der Waals surface area contributed by atoms with Crippen LogP contribution < -0.4 is 5.32 Å². The summed E-state index contributed by atoms with van der Waals surface area (Å²) < 4.78 is 13.0. The van der Waals surface area contributed by atoms with Crippen molar-refractivity contribution in [2.45, 2.75) is 19.4 Å². The Hall–Kier alpha value is -0.930. The van der Waals surface area contributed by atoms with Crippen molar-refractivity contribution in [3.05, 3.63) is 35.1 Å². The zero-order valence-electron chi connectivity index (χ0n) is 10.5. The van der Waals surface area contributed by atoms with Crippen LogP contribution in [0.25, 0.3) is 0 Å². The average Bonchev–Trinajstić information content (AvgIpc) is 2.21. The quantitative estimate of drug-likeness (QED) is 0.826. The van der Waals surface area contributed by atoms with Gasteiger partial charge in [-0.2, -0.15) is 0 Å². The molecule has 0 radical (unpaired) electrons. The maximum Gasteiger partial charge on any atom is 0.123 e. The van der Waals surface area contributed by atoms with E-state index in [1.807, 2.05) is 20.0 Å². The molecule has 1 aromatic carbocycles. The Morgan fingerprint density at radius 1 is 1.38 bits per heavy atom. The van der Waals surface area contributed by atoms with E-state index in [0.29, 0.717) is 6.04 Å². The summed E-state index contributed by atoms with van der Waals surface area (Å²) in [5.41, 5.74) is 2.20. The lowest BCUT2D eigenvalue weighted by atomic mass is 9.98. The molecule has 0 amide bonds. The molecule has 0 saturated carbocycles. The van der Waals surface area contributed by atoms with Crippen molar-refractivity contribution in [1.82, 2.24) is 10.2 Å². The Bertz CT molecular complexity index is 337. The van der Waals surface area contributed by atoms with Gasteiger partial charge in [0.2, 0.25) is 0 Å². The van der Waals surface area contributed by atoms with E-state index in [-0.39, 0.29) is 5.82 Å². The zero-order chi connectivity index (χ0) is 12.1. The van der Waals surface area contributed by atoms with Crippen molar-refractivity contribution in [2.75, 3.05) is 27.7 Å². The maximum atomic E-state index is 13.0. The first kappa shape index (κ1) is 13.1. The molecule has 1 rings (SSSR count). The second kappa shape index (κ2) is 5.97. The van der Waals surface area contributed by atoms with Crippen LogP contribution in [0.2, 0.25) is 0 Å². The first-order valence-corrected chi connectivity index (χ1v) is 5.62. The minimum Gasteiger partial charge on any atom is -0.313 e. The molecule has 0 aromatic heterocycles. The molecule has 1 atom stereocenters. The summed E-state index contributed by atoms with van der Waals surface area (Å²) >= 11 is 0. The van der Waals surface area contributed by atoms with Crippen molar-refractivity contribution in [2.24, 2.45) is 0 Å². The molecule has 3 heteroatoms. The van der Waals surface area contributed by atoms with Gasteiger partial charge in [-0.05, 0) is 64.3 Å². The third-order valence-electron chi connectivity index (χ3n) is 2.82. The van der Waals surface area contributed by atoms with Gasteiger partial charge in [0.05, 0.1) is 0 Å². The maximum absolute atomic E-state index is 13.0. The van der Waals surface area contributed by atoms with Crippen molar-refractivity contribution < 1.29 is 4.39 Å². The molecule has 16 heavy (non-hydrogen) atoms. The van der Waals surface area contributed by atoms with Gasteiger partial charge in [-0.25, -0.2) is 4.39 Å². The highest BCUT2D eigenvalue weighted by atomic mass is 19.1. The summed E-state index contributed by atoms with van der Waals surface area (Å²) in [6, 6.07) is 5.29. The summed E-state index contributed by atoms with van der Waals surface area (Å²) in [7, 11) is 6.07. The Morgan fingerprint density at radius 3 is 2.56 bits per heavy atom.